The van der Waals surface area contributed by atoms with E-state index in [1.54, 1.807) is 6.08 Å². The molecule has 0 spiro atoms. The van der Waals surface area contributed by atoms with Gasteiger partial charge in [-0.25, -0.2) is 14.6 Å². The first-order valence-electron chi connectivity index (χ1n) is 10.4. The van der Waals surface area contributed by atoms with Gasteiger partial charge in [-0.2, -0.15) is 0 Å². The Morgan fingerprint density at radius 3 is 2.42 bits per heavy atom. The van der Waals surface area contributed by atoms with Crippen LogP contribution in [-0.2, 0) is 20.7 Å². The van der Waals surface area contributed by atoms with E-state index in [4.69, 9.17) is 25.6 Å². The molecule has 1 saturated heterocycles. The Morgan fingerprint density at radius 1 is 1.18 bits per heavy atom. The van der Waals surface area contributed by atoms with Gasteiger partial charge in [-0.1, -0.05) is 48.0 Å². The predicted molar refractivity (Wildman–Crippen MR) is 125 cm³/mol. The van der Waals surface area contributed by atoms with E-state index in [1.165, 1.54) is 12.3 Å². The van der Waals surface area contributed by atoms with Gasteiger partial charge in [-0.3, -0.25) is 0 Å². The van der Waals surface area contributed by atoms with Crippen LogP contribution in [0.25, 0.3) is 6.08 Å². The number of hydrogen-bond donors (Lipinski definition) is 2. The van der Waals surface area contributed by atoms with Gasteiger partial charge in [0, 0.05) is 18.3 Å². The lowest BCUT2D eigenvalue weighted by Gasteiger charge is -2.32. The third-order valence-electron chi connectivity index (χ3n) is 5.66. The summed E-state index contributed by atoms with van der Waals surface area (Å²) >= 11 is 6.20. The highest BCUT2D eigenvalue weighted by molar-refractivity contribution is 6.56. The molecule has 1 aliphatic heterocycles. The average Bonchev–Trinajstić information content (AvgIpc) is 2.98. The normalized spacial score (nSPS) is 17.0. The number of nitrogens with one attached hydrogen (secondary N) is 1. The fourth-order valence-corrected chi connectivity index (χ4v) is 3.19. The fraction of sp³-hybridized carbons (Fsp3) is 0.348. The van der Waals surface area contributed by atoms with Crippen LogP contribution in [-0.4, -0.2) is 47.0 Å². The van der Waals surface area contributed by atoms with Crippen molar-refractivity contribution in [2.45, 2.75) is 45.5 Å². The number of benzene rings is 1. The summed E-state index contributed by atoms with van der Waals surface area (Å²) in [7, 11) is -0.797. The number of aromatic nitrogens is 1. The molecule has 174 valence electrons. The number of carboxylic acid groups (broad SMARTS) is 1. The van der Waals surface area contributed by atoms with Crippen LogP contribution >= 0.6 is 11.6 Å². The molecule has 0 atom stereocenters. The second-order valence-electron chi connectivity index (χ2n) is 8.63. The zero-order valence-electron chi connectivity index (χ0n) is 18.9. The molecule has 1 amide bonds. The van der Waals surface area contributed by atoms with Gasteiger partial charge in [0.25, 0.3) is 0 Å². The molecule has 1 aromatic heterocycles. The van der Waals surface area contributed by atoms with E-state index in [0.29, 0.717) is 11.0 Å². The average molecular weight is 473 g/mol. The third-order valence-corrected chi connectivity index (χ3v) is 5.98. The summed E-state index contributed by atoms with van der Waals surface area (Å²) in [6.45, 7) is 7.78. The van der Waals surface area contributed by atoms with Crippen molar-refractivity contribution in [2.24, 2.45) is 0 Å². The van der Waals surface area contributed by atoms with E-state index < -0.39 is 30.4 Å². The van der Waals surface area contributed by atoms with Gasteiger partial charge >= 0.3 is 19.2 Å². The molecule has 10 heteroatoms. The number of pyridine rings is 1. The maximum absolute atomic E-state index is 12.3. The number of aromatic carboxylic acids is 1. The van der Waals surface area contributed by atoms with Crippen LogP contribution in [0.4, 0.5) is 4.79 Å². The predicted octanol–water partition coefficient (Wildman–Crippen LogP) is 4.37. The Labute approximate surface area is 198 Å². The van der Waals surface area contributed by atoms with E-state index in [1.807, 2.05) is 58.0 Å². The monoisotopic (exact) mass is 472 g/mol. The lowest BCUT2D eigenvalue weighted by atomic mass is 9.77. The van der Waals surface area contributed by atoms with Crippen molar-refractivity contribution in [1.29, 1.82) is 0 Å². The van der Waals surface area contributed by atoms with Gasteiger partial charge in [-0.15, -0.1) is 0 Å². The van der Waals surface area contributed by atoms with Gasteiger partial charge in [0.2, 0.25) is 0 Å². The first-order chi connectivity index (χ1) is 15.5. The summed E-state index contributed by atoms with van der Waals surface area (Å²) in [6.07, 6.45) is 2.17. The standard InChI is InChI=1S/C23H26BClN2O6/c1-22(2)23(3,4)33-24(32-22)18(11-16-10-17(20(28)29)12-26-19(16)25)13-27-21(30)31-14-15-8-6-5-7-9-15/h5-12H,13-14H2,1-4H3,(H,27,30)(H,28,29). The number of halogens is 1. The molecular weight excluding hydrogens is 447 g/mol. The van der Waals surface area contributed by atoms with E-state index in [0.717, 1.165) is 5.56 Å². The number of carboxylic acids is 1. The summed E-state index contributed by atoms with van der Waals surface area (Å²) in [6, 6.07) is 10.7. The minimum atomic E-state index is -1.13. The second-order valence-corrected chi connectivity index (χ2v) is 8.99. The summed E-state index contributed by atoms with van der Waals surface area (Å²) in [5.41, 5.74) is 0.495. The number of carbonyl (C=O) groups excluding carboxylic acids is 1. The molecule has 8 nitrogen and oxygen atoms in total. The Kier molecular flexibility index (Phi) is 7.46. The number of ether oxygens (including phenoxy) is 1. The minimum Gasteiger partial charge on any atom is -0.478 e. The Hall–Kier alpha value is -2.88. The first kappa shape index (κ1) is 24.8. The Morgan fingerprint density at radius 2 is 1.82 bits per heavy atom. The molecule has 0 saturated carbocycles. The van der Waals surface area contributed by atoms with Crippen molar-refractivity contribution in [1.82, 2.24) is 10.3 Å². The zero-order valence-corrected chi connectivity index (χ0v) is 19.7. The molecule has 0 radical (unpaired) electrons. The number of amides is 1. The van der Waals surface area contributed by atoms with Crippen LogP contribution in [0.15, 0.2) is 48.1 Å². The van der Waals surface area contributed by atoms with E-state index in [2.05, 4.69) is 10.3 Å². The maximum Gasteiger partial charge on any atom is 0.492 e. The molecular formula is C23H26BClN2O6. The van der Waals surface area contributed by atoms with Crippen molar-refractivity contribution in [3.8, 4) is 0 Å². The molecule has 0 bridgehead atoms. The van der Waals surface area contributed by atoms with Gasteiger partial charge in [-0.05, 0) is 44.8 Å². The lowest BCUT2D eigenvalue weighted by Crippen LogP contribution is -2.41. The molecule has 2 aromatic rings. The van der Waals surface area contributed by atoms with Gasteiger partial charge < -0.3 is 24.5 Å². The number of nitrogens with zero attached hydrogens (tertiary/aromatic N) is 1. The van der Waals surface area contributed by atoms with Gasteiger partial charge in [0.15, 0.2) is 0 Å². The molecule has 1 aromatic carbocycles. The van der Waals surface area contributed by atoms with Crippen molar-refractivity contribution in [3.05, 3.63) is 69.9 Å². The molecule has 2 heterocycles. The lowest BCUT2D eigenvalue weighted by molar-refractivity contribution is 0.00578. The molecule has 2 N–H and O–H groups in total. The fourth-order valence-electron chi connectivity index (χ4n) is 3.03. The Balaban J connectivity index is 1.81. The highest BCUT2D eigenvalue weighted by Gasteiger charge is 2.52. The highest BCUT2D eigenvalue weighted by Crippen LogP contribution is 2.39. The van der Waals surface area contributed by atoms with Crippen LogP contribution < -0.4 is 5.32 Å². The smallest absolute Gasteiger partial charge is 0.478 e. The molecule has 0 unspecified atom stereocenters. The topological polar surface area (TPSA) is 107 Å². The van der Waals surface area contributed by atoms with Crippen LogP contribution in [0.1, 0.15) is 49.2 Å². The summed E-state index contributed by atoms with van der Waals surface area (Å²) in [5, 5.41) is 12.1. The zero-order chi connectivity index (χ0) is 24.2. The largest absolute Gasteiger partial charge is 0.492 e. The van der Waals surface area contributed by atoms with Crippen LogP contribution in [0.5, 0.6) is 0 Å². The van der Waals surface area contributed by atoms with E-state index in [-0.39, 0.29) is 23.9 Å². The van der Waals surface area contributed by atoms with Crippen molar-refractivity contribution >= 4 is 36.9 Å². The van der Waals surface area contributed by atoms with Crippen molar-refractivity contribution < 1.29 is 28.7 Å². The first-order valence-corrected chi connectivity index (χ1v) is 10.8. The summed E-state index contributed by atoms with van der Waals surface area (Å²) in [5.74, 6) is -1.13. The van der Waals surface area contributed by atoms with Crippen molar-refractivity contribution in [3.63, 3.8) is 0 Å². The Bertz CT molecular complexity index is 1040. The van der Waals surface area contributed by atoms with Crippen LogP contribution in [0.2, 0.25) is 5.15 Å². The molecule has 1 aliphatic rings. The van der Waals surface area contributed by atoms with Gasteiger partial charge in [0.05, 0.1) is 16.8 Å². The maximum atomic E-state index is 12.3. The van der Waals surface area contributed by atoms with E-state index >= 15 is 0 Å². The number of alkyl carbamates (subject to hydrolysis) is 1. The number of rotatable bonds is 7. The highest BCUT2D eigenvalue weighted by atomic mass is 35.5. The number of hydrogen-bond acceptors (Lipinski definition) is 6. The second kappa shape index (κ2) is 9.95. The minimum absolute atomic E-state index is 0.0193. The van der Waals surface area contributed by atoms with Crippen LogP contribution in [0, 0.1) is 0 Å². The van der Waals surface area contributed by atoms with Crippen molar-refractivity contribution in [2.75, 3.05) is 6.54 Å². The third kappa shape index (κ3) is 6.13. The summed E-state index contributed by atoms with van der Waals surface area (Å²) in [4.78, 5) is 27.6. The molecule has 33 heavy (non-hydrogen) atoms. The molecule has 3 rings (SSSR count). The summed E-state index contributed by atoms with van der Waals surface area (Å²) < 4.78 is 17.5. The van der Waals surface area contributed by atoms with Gasteiger partial charge in [0.1, 0.15) is 11.8 Å². The molecule has 1 fully saturated rings. The number of carbonyl (C=O) groups is 2. The van der Waals surface area contributed by atoms with Crippen LogP contribution in [0.3, 0.4) is 0 Å². The van der Waals surface area contributed by atoms with E-state index in [9.17, 15) is 14.7 Å². The molecule has 0 aliphatic carbocycles. The quantitative estimate of drug-likeness (QED) is 0.455. The SMILES string of the molecule is CC1(C)OB(C(=Cc2cc(C(=O)O)cnc2Cl)CNC(=O)OCc2ccccc2)OC1(C)C.